The van der Waals surface area contributed by atoms with Crippen molar-refractivity contribution in [3.63, 3.8) is 0 Å². The van der Waals surface area contributed by atoms with Crippen LogP contribution in [0.25, 0.3) is 11.3 Å². The van der Waals surface area contributed by atoms with E-state index in [4.69, 9.17) is 16.3 Å². The van der Waals surface area contributed by atoms with Gasteiger partial charge >= 0.3 is 0 Å². The van der Waals surface area contributed by atoms with Gasteiger partial charge in [0.15, 0.2) is 11.2 Å². The van der Waals surface area contributed by atoms with Gasteiger partial charge in [0.05, 0.1) is 16.3 Å². The lowest BCUT2D eigenvalue weighted by Gasteiger charge is -2.30. The Morgan fingerprint density at radius 3 is 2.66 bits per heavy atom. The second kappa shape index (κ2) is 7.33. The van der Waals surface area contributed by atoms with E-state index < -0.39 is 16.1 Å². The number of anilines is 2. The van der Waals surface area contributed by atoms with Gasteiger partial charge in [0.1, 0.15) is 5.75 Å². The first kappa shape index (κ1) is 19.7. The fraction of sp³-hybridized carbons (Fsp3) is 0.158. The van der Waals surface area contributed by atoms with E-state index in [1.807, 2.05) is 6.07 Å². The van der Waals surface area contributed by atoms with Gasteiger partial charge in [-0.05, 0) is 49.4 Å². The fourth-order valence-electron chi connectivity index (χ4n) is 2.91. The molecule has 1 atom stereocenters. The molecular formula is C19H16ClN3O4S2. The minimum atomic E-state index is -3.77. The maximum absolute atomic E-state index is 12.5. The van der Waals surface area contributed by atoms with E-state index >= 15 is 0 Å². The second-order valence-corrected chi connectivity index (χ2v) is 9.41. The van der Waals surface area contributed by atoms with Crippen LogP contribution in [0, 0.1) is 0 Å². The summed E-state index contributed by atoms with van der Waals surface area (Å²) in [5.41, 5.74) is 1.97. The molecule has 1 unspecified atom stereocenters. The number of benzene rings is 2. The molecule has 0 saturated heterocycles. The van der Waals surface area contributed by atoms with Crippen molar-refractivity contribution in [2.75, 3.05) is 16.7 Å². The van der Waals surface area contributed by atoms with Gasteiger partial charge in [-0.3, -0.25) is 9.52 Å². The van der Waals surface area contributed by atoms with Crippen molar-refractivity contribution in [2.24, 2.45) is 0 Å². The van der Waals surface area contributed by atoms with Crippen molar-refractivity contribution in [2.45, 2.75) is 17.9 Å². The number of ether oxygens (including phenoxy) is 1. The summed E-state index contributed by atoms with van der Waals surface area (Å²) < 4.78 is 33.1. The Labute approximate surface area is 177 Å². The molecular weight excluding hydrogens is 434 g/mol. The number of halogens is 1. The maximum Gasteiger partial charge on any atom is 0.267 e. The first-order chi connectivity index (χ1) is 13.7. The average Bonchev–Trinajstić information content (AvgIpc) is 3.14. The van der Waals surface area contributed by atoms with Crippen LogP contribution in [-0.4, -0.2) is 32.5 Å². The summed E-state index contributed by atoms with van der Waals surface area (Å²) in [5, 5.41) is 2.44. The smallest absolute Gasteiger partial charge is 0.267 e. The molecule has 1 N–H and O–H groups in total. The zero-order chi connectivity index (χ0) is 20.8. The van der Waals surface area contributed by atoms with E-state index in [0.29, 0.717) is 22.2 Å². The molecule has 1 aliphatic rings. The van der Waals surface area contributed by atoms with Gasteiger partial charge in [0, 0.05) is 23.0 Å². The van der Waals surface area contributed by atoms with E-state index in [1.54, 1.807) is 36.4 Å². The number of carbonyl (C=O) groups excluding carboxylic acids is 1. The van der Waals surface area contributed by atoms with Crippen LogP contribution in [0.15, 0.2) is 52.7 Å². The molecule has 3 aromatic rings. The topological polar surface area (TPSA) is 88.6 Å². The molecule has 7 nitrogen and oxygen atoms in total. The molecule has 1 aromatic heterocycles. The largest absolute Gasteiger partial charge is 0.479 e. The summed E-state index contributed by atoms with van der Waals surface area (Å²) in [7, 11) is -2.08. The van der Waals surface area contributed by atoms with Crippen LogP contribution in [0.1, 0.15) is 6.92 Å². The predicted molar refractivity (Wildman–Crippen MR) is 113 cm³/mol. The Bertz CT molecular complexity index is 1190. The number of sulfonamides is 1. The Balaban J connectivity index is 1.60. The Kier molecular flexibility index (Phi) is 4.97. The zero-order valence-corrected chi connectivity index (χ0v) is 17.8. The number of hydrogen-bond donors (Lipinski definition) is 1. The van der Waals surface area contributed by atoms with Crippen LogP contribution < -0.4 is 14.4 Å². The Morgan fingerprint density at radius 2 is 1.93 bits per heavy atom. The highest BCUT2D eigenvalue weighted by molar-refractivity contribution is 7.93. The van der Waals surface area contributed by atoms with Gasteiger partial charge in [-0.1, -0.05) is 11.6 Å². The molecule has 0 spiro atoms. The number of fused-ring (bicyclic) bond motifs is 1. The summed E-state index contributed by atoms with van der Waals surface area (Å²) in [4.78, 5) is 18.2. The molecule has 2 heterocycles. The van der Waals surface area contributed by atoms with Gasteiger partial charge < -0.3 is 9.64 Å². The van der Waals surface area contributed by atoms with Crippen LogP contribution in [0.4, 0.5) is 10.8 Å². The molecule has 1 amide bonds. The van der Waals surface area contributed by atoms with Gasteiger partial charge in [-0.25, -0.2) is 13.4 Å². The summed E-state index contributed by atoms with van der Waals surface area (Å²) in [6, 6.07) is 11.3. The lowest BCUT2D eigenvalue weighted by Crippen LogP contribution is -2.41. The number of nitrogens with zero attached hydrogens (tertiary/aromatic N) is 2. The van der Waals surface area contributed by atoms with Crippen molar-refractivity contribution >= 4 is 49.7 Å². The van der Waals surface area contributed by atoms with Crippen LogP contribution in [0.5, 0.6) is 5.75 Å². The molecule has 0 saturated carbocycles. The quantitative estimate of drug-likeness (QED) is 0.650. The average molecular weight is 450 g/mol. The van der Waals surface area contributed by atoms with Crippen molar-refractivity contribution in [3.05, 3.63) is 52.9 Å². The Morgan fingerprint density at radius 1 is 1.21 bits per heavy atom. The Hall–Kier alpha value is -2.62. The van der Waals surface area contributed by atoms with E-state index in [2.05, 4.69) is 9.71 Å². The number of thiazole rings is 1. The highest BCUT2D eigenvalue weighted by Crippen LogP contribution is 2.37. The molecule has 4 rings (SSSR count). The molecule has 10 heteroatoms. The van der Waals surface area contributed by atoms with Crippen molar-refractivity contribution in [1.29, 1.82) is 0 Å². The van der Waals surface area contributed by atoms with Gasteiger partial charge in [0.2, 0.25) is 0 Å². The fourth-order valence-corrected chi connectivity index (χ4v) is 5.01. The normalized spacial score (nSPS) is 16.3. The number of amides is 1. The number of aromatic nitrogens is 1. The number of nitrogens with one attached hydrogen (secondary N) is 1. The standard InChI is InChI=1S/C19H16ClN3O4S2/c1-11-18(24)23(2)16-9-12(3-8-17(16)27-11)15-10-28-19(21-15)22-29(25,26)14-6-4-13(20)5-7-14/h3-11H,1-2H3,(H,21,22). The third-order valence-electron chi connectivity index (χ3n) is 4.45. The molecule has 1 aliphatic heterocycles. The van der Waals surface area contributed by atoms with Crippen molar-refractivity contribution in [3.8, 4) is 17.0 Å². The number of likely N-dealkylation sites (N-methyl/N-ethyl adjacent to an activating group) is 1. The van der Waals surface area contributed by atoms with E-state index in [0.717, 1.165) is 5.56 Å². The molecule has 150 valence electrons. The molecule has 0 radical (unpaired) electrons. The molecule has 0 bridgehead atoms. The molecule has 2 aromatic carbocycles. The van der Waals surface area contributed by atoms with Crippen LogP contribution in [-0.2, 0) is 14.8 Å². The predicted octanol–water partition coefficient (Wildman–Crippen LogP) is 4.01. The molecule has 0 aliphatic carbocycles. The van der Waals surface area contributed by atoms with E-state index in [9.17, 15) is 13.2 Å². The SMILES string of the molecule is CC1Oc2ccc(-c3csc(NS(=O)(=O)c4ccc(Cl)cc4)n3)cc2N(C)C1=O. The van der Waals surface area contributed by atoms with Crippen molar-refractivity contribution in [1.82, 2.24) is 4.98 Å². The van der Waals surface area contributed by atoms with Gasteiger partial charge in [-0.2, -0.15) is 0 Å². The molecule has 29 heavy (non-hydrogen) atoms. The van der Waals surface area contributed by atoms with Crippen LogP contribution in [0.2, 0.25) is 5.02 Å². The number of hydrogen-bond acceptors (Lipinski definition) is 6. The first-order valence-electron chi connectivity index (χ1n) is 8.57. The third kappa shape index (κ3) is 3.81. The van der Waals surface area contributed by atoms with E-state index in [-0.39, 0.29) is 15.9 Å². The zero-order valence-electron chi connectivity index (χ0n) is 15.4. The lowest BCUT2D eigenvalue weighted by atomic mass is 10.1. The maximum atomic E-state index is 12.5. The summed E-state index contributed by atoms with van der Waals surface area (Å²) in [6.07, 6.45) is -0.536. The number of rotatable bonds is 4. The lowest BCUT2D eigenvalue weighted by molar-refractivity contribution is -0.125. The minimum Gasteiger partial charge on any atom is -0.479 e. The van der Waals surface area contributed by atoms with Gasteiger partial charge in [-0.15, -0.1) is 11.3 Å². The summed E-state index contributed by atoms with van der Waals surface area (Å²) >= 11 is 6.98. The minimum absolute atomic E-state index is 0.0961. The highest BCUT2D eigenvalue weighted by Gasteiger charge is 2.29. The summed E-state index contributed by atoms with van der Waals surface area (Å²) in [5.74, 6) is 0.478. The monoisotopic (exact) mass is 449 g/mol. The van der Waals surface area contributed by atoms with Crippen molar-refractivity contribution < 1.29 is 17.9 Å². The highest BCUT2D eigenvalue weighted by atomic mass is 35.5. The first-order valence-corrected chi connectivity index (χ1v) is 11.3. The van der Waals surface area contributed by atoms with E-state index in [1.165, 1.54) is 35.6 Å². The second-order valence-electron chi connectivity index (χ2n) is 6.44. The molecule has 0 fully saturated rings. The number of carbonyl (C=O) groups is 1. The van der Waals surface area contributed by atoms with Crippen LogP contribution in [0.3, 0.4) is 0 Å². The summed E-state index contributed by atoms with van der Waals surface area (Å²) in [6.45, 7) is 1.70. The third-order valence-corrected chi connectivity index (χ3v) is 6.94. The van der Waals surface area contributed by atoms with Crippen LogP contribution >= 0.6 is 22.9 Å². The van der Waals surface area contributed by atoms with Gasteiger partial charge in [0.25, 0.3) is 15.9 Å².